The number of amides is 2. The molecule has 0 spiro atoms. The van der Waals surface area contributed by atoms with Gasteiger partial charge in [0.25, 0.3) is 5.91 Å². The summed E-state index contributed by atoms with van der Waals surface area (Å²) in [5.41, 5.74) is 2.84. The van der Waals surface area contributed by atoms with Crippen LogP contribution in [-0.4, -0.2) is 50.9 Å². The van der Waals surface area contributed by atoms with E-state index in [1.165, 1.54) is 0 Å². The number of aromatic nitrogens is 2. The summed E-state index contributed by atoms with van der Waals surface area (Å²) in [5, 5.41) is 2.90. The summed E-state index contributed by atoms with van der Waals surface area (Å²) < 4.78 is 2.16. The van der Waals surface area contributed by atoms with E-state index >= 15 is 0 Å². The minimum Gasteiger partial charge on any atom is -0.341 e. The third-order valence-corrected chi connectivity index (χ3v) is 6.20. The largest absolute Gasteiger partial charge is 0.341 e. The number of imidazole rings is 1. The maximum atomic E-state index is 12.8. The topological polar surface area (TPSA) is 70.1 Å². The van der Waals surface area contributed by atoms with Gasteiger partial charge in [-0.3, -0.25) is 14.2 Å². The molecule has 2 heterocycles. The van der Waals surface area contributed by atoms with Gasteiger partial charge < -0.3 is 15.2 Å². The van der Waals surface area contributed by atoms with Gasteiger partial charge in [-0.15, -0.1) is 0 Å². The summed E-state index contributed by atoms with van der Waals surface area (Å²) >= 11 is 7.22. The number of anilines is 1. The Morgan fingerprint density at radius 1 is 1.03 bits per heavy atom. The average molecular weight is 439 g/mol. The van der Waals surface area contributed by atoms with E-state index < -0.39 is 0 Å². The molecular weight excluding hydrogens is 416 g/mol. The van der Waals surface area contributed by atoms with Crippen LogP contribution in [0.1, 0.15) is 16.1 Å². The van der Waals surface area contributed by atoms with Crippen molar-refractivity contribution in [1.29, 1.82) is 0 Å². The van der Waals surface area contributed by atoms with E-state index in [1.807, 2.05) is 71.3 Å². The number of nitrogens with one attached hydrogen (secondary N) is 2. The van der Waals surface area contributed by atoms with Crippen LogP contribution in [0.2, 0.25) is 0 Å². The third-order valence-electron chi connectivity index (χ3n) is 4.95. The van der Waals surface area contributed by atoms with Gasteiger partial charge >= 0.3 is 0 Å². The van der Waals surface area contributed by atoms with E-state index in [0.29, 0.717) is 22.6 Å². The summed E-state index contributed by atoms with van der Waals surface area (Å²) in [6.07, 6.45) is 1.98. The zero-order chi connectivity index (χ0) is 20.9. The van der Waals surface area contributed by atoms with Crippen LogP contribution in [-0.2, 0) is 11.2 Å². The highest BCUT2D eigenvalue weighted by atomic mass is 32.2. The number of hydrogen-bond donors (Lipinski definition) is 2. The Kier molecular flexibility index (Phi) is 6.35. The lowest BCUT2D eigenvalue weighted by Crippen LogP contribution is -2.38. The van der Waals surface area contributed by atoms with E-state index in [9.17, 15) is 9.59 Å². The molecule has 1 saturated heterocycles. The molecule has 0 saturated carbocycles. The highest BCUT2D eigenvalue weighted by Crippen LogP contribution is 2.17. The third kappa shape index (κ3) is 4.66. The molecule has 3 aromatic rings. The van der Waals surface area contributed by atoms with Crippen LogP contribution >= 0.6 is 24.0 Å². The van der Waals surface area contributed by atoms with Crippen molar-refractivity contribution in [2.45, 2.75) is 6.42 Å². The number of carbonyl (C=O) groups excluding carboxylic acids is 2. The van der Waals surface area contributed by atoms with E-state index in [4.69, 9.17) is 12.2 Å². The van der Waals surface area contributed by atoms with Crippen molar-refractivity contribution in [3.8, 4) is 5.69 Å². The molecule has 0 bridgehead atoms. The highest BCUT2D eigenvalue weighted by Gasteiger charge is 2.17. The zero-order valence-electron chi connectivity index (χ0n) is 16.3. The van der Waals surface area contributed by atoms with E-state index in [-0.39, 0.29) is 11.8 Å². The number of carbonyl (C=O) groups is 2. The minimum atomic E-state index is -0.263. The monoisotopic (exact) mass is 438 g/mol. The van der Waals surface area contributed by atoms with Crippen LogP contribution in [0.3, 0.4) is 0 Å². The number of thioether (sulfide) groups is 1. The smallest absolute Gasteiger partial charge is 0.274 e. The van der Waals surface area contributed by atoms with Crippen molar-refractivity contribution in [1.82, 2.24) is 14.5 Å². The number of para-hydroxylation sites is 1. The quantitative estimate of drug-likeness (QED) is 0.593. The molecule has 0 aliphatic carbocycles. The lowest BCUT2D eigenvalue weighted by atomic mass is 10.1. The van der Waals surface area contributed by atoms with Crippen molar-refractivity contribution >= 4 is 41.5 Å². The molecule has 6 nitrogen and oxygen atoms in total. The van der Waals surface area contributed by atoms with E-state index in [2.05, 4.69) is 10.3 Å². The number of hydrogen-bond acceptors (Lipinski definition) is 4. The van der Waals surface area contributed by atoms with Crippen LogP contribution < -0.4 is 5.32 Å². The van der Waals surface area contributed by atoms with Crippen LogP contribution in [0.25, 0.3) is 5.69 Å². The Balaban J connectivity index is 1.43. The first-order valence-corrected chi connectivity index (χ1v) is 11.3. The molecule has 0 unspecified atom stereocenters. The molecule has 0 atom stereocenters. The SMILES string of the molecule is O=C(Nc1ccc(CC(=O)N2CCSCC2)cc1)c1c[nH]c(=S)n1-c1ccccc1. The lowest BCUT2D eigenvalue weighted by Gasteiger charge is -2.26. The Labute approximate surface area is 184 Å². The van der Waals surface area contributed by atoms with Crippen LogP contribution in [0.15, 0.2) is 60.8 Å². The normalized spacial score (nSPS) is 13.8. The second-order valence-electron chi connectivity index (χ2n) is 6.97. The van der Waals surface area contributed by atoms with E-state index in [0.717, 1.165) is 35.8 Å². The molecule has 8 heteroatoms. The molecule has 4 rings (SSSR count). The molecule has 2 amide bonds. The standard InChI is InChI=1S/C22H22N4O2S2/c27-20(25-10-12-30-13-11-25)14-16-6-8-17(9-7-16)24-21(28)19-15-23-22(29)26(19)18-4-2-1-3-5-18/h1-9,15H,10-14H2,(H,23,29)(H,24,28). The van der Waals surface area contributed by atoms with Gasteiger partial charge in [0.05, 0.1) is 6.42 Å². The molecule has 1 aliphatic heterocycles. The number of benzene rings is 2. The first kappa shape index (κ1) is 20.4. The van der Waals surface area contributed by atoms with Crippen molar-refractivity contribution < 1.29 is 9.59 Å². The van der Waals surface area contributed by atoms with Crippen LogP contribution in [0.4, 0.5) is 5.69 Å². The Morgan fingerprint density at radius 2 is 1.73 bits per heavy atom. The number of H-pyrrole nitrogens is 1. The molecule has 1 aliphatic rings. The summed E-state index contributed by atoms with van der Waals surface area (Å²) in [5.74, 6) is 1.90. The molecule has 30 heavy (non-hydrogen) atoms. The van der Waals surface area contributed by atoms with Crippen molar-refractivity contribution in [2.75, 3.05) is 29.9 Å². The fourth-order valence-corrected chi connectivity index (χ4v) is 4.54. The minimum absolute atomic E-state index is 0.154. The summed E-state index contributed by atoms with van der Waals surface area (Å²) in [4.78, 5) is 30.1. The van der Waals surface area contributed by atoms with Crippen molar-refractivity contribution in [3.05, 3.63) is 76.8 Å². The molecule has 154 valence electrons. The Hall–Kier alpha value is -2.84. The van der Waals surface area contributed by atoms with Gasteiger partial charge in [0.2, 0.25) is 5.91 Å². The maximum absolute atomic E-state index is 12.8. The van der Waals surface area contributed by atoms with Gasteiger partial charge in [0, 0.05) is 42.2 Å². The predicted molar refractivity (Wildman–Crippen MR) is 123 cm³/mol. The molecule has 0 radical (unpaired) electrons. The Bertz CT molecular complexity index is 1080. The van der Waals surface area contributed by atoms with Crippen molar-refractivity contribution in [2.24, 2.45) is 0 Å². The molecular formula is C22H22N4O2S2. The van der Waals surface area contributed by atoms with Gasteiger partial charge in [-0.25, -0.2) is 0 Å². The van der Waals surface area contributed by atoms with Gasteiger partial charge in [-0.05, 0) is 42.0 Å². The van der Waals surface area contributed by atoms with Crippen molar-refractivity contribution in [3.63, 3.8) is 0 Å². The number of aromatic amines is 1. The van der Waals surface area contributed by atoms with Gasteiger partial charge in [0.15, 0.2) is 4.77 Å². The molecule has 1 fully saturated rings. The maximum Gasteiger partial charge on any atom is 0.274 e. The van der Waals surface area contributed by atoms with Gasteiger partial charge in [-0.2, -0.15) is 11.8 Å². The summed E-state index contributed by atoms with van der Waals surface area (Å²) in [6, 6.07) is 16.9. The first-order valence-electron chi connectivity index (χ1n) is 9.73. The second-order valence-corrected chi connectivity index (χ2v) is 8.58. The number of rotatable bonds is 5. The summed E-state index contributed by atoms with van der Waals surface area (Å²) in [6.45, 7) is 1.64. The lowest BCUT2D eigenvalue weighted by molar-refractivity contribution is -0.130. The molecule has 2 aromatic carbocycles. The first-order chi connectivity index (χ1) is 14.6. The average Bonchev–Trinajstić information content (AvgIpc) is 3.18. The highest BCUT2D eigenvalue weighted by molar-refractivity contribution is 7.99. The van der Waals surface area contributed by atoms with Gasteiger partial charge in [-0.1, -0.05) is 30.3 Å². The number of nitrogens with zero attached hydrogens (tertiary/aromatic N) is 2. The van der Waals surface area contributed by atoms with Gasteiger partial charge in [0.1, 0.15) is 5.69 Å². The zero-order valence-corrected chi connectivity index (χ0v) is 18.0. The summed E-state index contributed by atoms with van der Waals surface area (Å²) in [7, 11) is 0. The molecule has 1 aromatic heterocycles. The van der Waals surface area contributed by atoms with E-state index in [1.54, 1.807) is 10.8 Å². The fraction of sp³-hybridized carbons (Fsp3) is 0.227. The van der Waals surface area contributed by atoms with Crippen LogP contribution in [0, 0.1) is 4.77 Å². The fourth-order valence-electron chi connectivity index (χ4n) is 3.37. The molecule has 2 N–H and O–H groups in total. The predicted octanol–water partition coefficient (Wildman–Crippen LogP) is 3.91. The second kappa shape index (κ2) is 9.32. The van der Waals surface area contributed by atoms with Crippen LogP contribution in [0.5, 0.6) is 0 Å². The Morgan fingerprint density at radius 3 is 2.43 bits per heavy atom.